The summed E-state index contributed by atoms with van der Waals surface area (Å²) in [6, 6.07) is 19.9. The fourth-order valence-electron chi connectivity index (χ4n) is 3.07. The molecule has 124 valence electrons. The molecule has 0 unspecified atom stereocenters. The molecular weight excluding hydrogens is 310 g/mol. The van der Waals surface area contributed by atoms with Crippen LogP contribution in [-0.4, -0.2) is 10.1 Å². The molecule has 4 nitrogen and oxygen atoms in total. The predicted octanol–water partition coefficient (Wildman–Crippen LogP) is 4.44. The number of rotatable bonds is 4. The lowest BCUT2D eigenvalue weighted by atomic mass is 9.94. The Bertz CT molecular complexity index is 1010. The SMILES string of the molecule is Cc1ccc(C[C@H](N)c2ccccc2-c2noc3ccccc23)nc1. The van der Waals surface area contributed by atoms with Gasteiger partial charge in [-0.2, -0.15) is 0 Å². The molecule has 0 radical (unpaired) electrons. The first kappa shape index (κ1) is 15.5. The quantitative estimate of drug-likeness (QED) is 0.601. The summed E-state index contributed by atoms with van der Waals surface area (Å²) in [5, 5.41) is 5.28. The van der Waals surface area contributed by atoms with Gasteiger partial charge in [0.15, 0.2) is 5.58 Å². The Morgan fingerprint density at radius 2 is 1.80 bits per heavy atom. The second-order valence-electron chi connectivity index (χ2n) is 6.25. The zero-order chi connectivity index (χ0) is 17.2. The van der Waals surface area contributed by atoms with Crippen LogP contribution in [0.3, 0.4) is 0 Å². The minimum atomic E-state index is -0.165. The number of para-hydroxylation sites is 1. The number of hydrogen-bond acceptors (Lipinski definition) is 4. The third-order valence-corrected chi connectivity index (χ3v) is 4.39. The molecule has 0 fully saturated rings. The maximum atomic E-state index is 6.52. The van der Waals surface area contributed by atoms with E-state index in [1.165, 1.54) is 0 Å². The van der Waals surface area contributed by atoms with Gasteiger partial charge >= 0.3 is 0 Å². The summed E-state index contributed by atoms with van der Waals surface area (Å²) in [6.45, 7) is 2.03. The van der Waals surface area contributed by atoms with Gasteiger partial charge in [-0.15, -0.1) is 0 Å². The highest BCUT2D eigenvalue weighted by Gasteiger charge is 2.17. The minimum absolute atomic E-state index is 0.165. The van der Waals surface area contributed by atoms with Crippen molar-refractivity contribution < 1.29 is 4.52 Å². The van der Waals surface area contributed by atoms with Crippen LogP contribution in [0.4, 0.5) is 0 Å². The first-order valence-corrected chi connectivity index (χ1v) is 8.33. The van der Waals surface area contributed by atoms with Crippen molar-refractivity contribution in [2.24, 2.45) is 5.73 Å². The molecule has 0 aliphatic heterocycles. The molecule has 2 aromatic carbocycles. The second-order valence-corrected chi connectivity index (χ2v) is 6.25. The van der Waals surface area contributed by atoms with Crippen molar-refractivity contribution in [1.82, 2.24) is 10.1 Å². The number of nitrogens with two attached hydrogens (primary N) is 1. The average Bonchev–Trinajstić information content (AvgIpc) is 3.07. The molecule has 0 bridgehead atoms. The van der Waals surface area contributed by atoms with Crippen LogP contribution < -0.4 is 5.73 Å². The van der Waals surface area contributed by atoms with E-state index in [1.807, 2.05) is 61.7 Å². The molecule has 2 heterocycles. The van der Waals surface area contributed by atoms with E-state index in [9.17, 15) is 0 Å². The van der Waals surface area contributed by atoms with Crippen molar-refractivity contribution in [3.63, 3.8) is 0 Å². The zero-order valence-corrected chi connectivity index (χ0v) is 14.0. The number of benzene rings is 2. The number of aryl methyl sites for hydroxylation is 1. The van der Waals surface area contributed by atoms with Crippen LogP contribution in [0, 0.1) is 6.92 Å². The van der Waals surface area contributed by atoms with Crippen LogP contribution in [0.1, 0.15) is 22.9 Å². The predicted molar refractivity (Wildman–Crippen MR) is 99.1 cm³/mol. The highest BCUT2D eigenvalue weighted by molar-refractivity contribution is 5.92. The first-order valence-electron chi connectivity index (χ1n) is 8.33. The van der Waals surface area contributed by atoms with Crippen molar-refractivity contribution in [2.75, 3.05) is 0 Å². The Morgan fingerprint density at radius 1 is 1.00 bits per heavy atom. The average molecular weight is 329 g/mol. The Kier molecular flexibility index (Phi) is 4.04. The van der Waals surface area contributed by atoms with E-state index in [-0.39, 0.29) is 6.04 Å². The van der Waals surface area contributed by atoms with Gasteiger partial charge in [0.05, 0.1) is 0 Å². The van der Waals surface area contributed by atoms with Crippen LogP contribution in [-0.2, 0) is 6.42 Å². The highest BCUT2D eigenvalue weighted by Crippen LogP contribution is 2.33. The fraction of sp³-hybridized carbons (Fsp3) is 0.143. The Hall–Kier alpha value is -2.98. The van der Waals surface area contributed by atoms with Gasteiger partial charge in [-0.1, -0.05) is 47.6 Å². The number of fused-ring (bicyclic) bond motifs is 1. The van der Waals surface area contributed by atoms with E-state index in [4.69, 9.17) is 10.3 Å². The molecule has 0 aliphatic rings. The van der Waals surface area contributed by atoms with Crippen LogP contribution >= 0.6 is 0 Å². The van der Waals surface area contributed by atoms with Gasteiger partial charge in [-0.25, -0.2) is 0 Å². The molecule has 2 aromatic heterocycles. The number of hydrogen-bond donors (Lipinski definition) is 1. The maximum absolute atomic E-state index is 6.52. The van der Waals surface area contributed by atoms with Gasteiger partial charge in [0, 0.05) is 35.3 Å². The fourth-order valence-corrected chi connectivity index (χ4v) is 3.07. The third kappa shape index (κ3) is 3.04. The topological polar surface area (TPSA) is 64.9 Å². The Labute approximate surface area is 146 Å². The monoisotopic (exact) mass is 329 g/mol. The van der Waals surface area contributed by atoms with Gasteiger partial charge < -0.3 is 10.3 Å². The van der Waals surface area contributed by atoms with Crippen molar-refractivity contribution in [2.45, 2.75) is 19.4 Å². The summed E-state index contributed by atoms with van der Waals surface area (Å²) < 4.78 is 5.47. The van der Waals surface area contributed by atoms with E-state index in [0.717, 1.165) is 39.0 Å². The first-order chi connectivity index (χ1) is 12.2. The van der Waals surface area contributed by atoms with Gasteiger partial charge in [-0.3, -0.25) is 4.98 Å². The normalized spacial score (nSPS) is 12.4. The summed E-state index contributed by atoms with van der Waals surface area (Å²) >= 11 is 0. The minimum Gasteiger partial charge on any atom is -0.356 e. The maximum Gasteiger partial charge on any atom is 0.167 e. The Balaban J connectivity index is 1.72. The summed E-state index contributed by atoms with van der Waals surface area (Å²) in [7, 11) is 0. The smallest absolute Gasteiger partial charge is 0.167 e. The Morgan fingerprint density at radius 3 is 2.64 bits per heavy atom. The molecule has 0 saturated heterocycles. The molecule has 0 aliphatic carbocycles. The van der Waals surface area contributed by atoms with E-state index in [2.05, 4.69) is 22.3 Å². The van der Waals surface area contributed by atoms with E-state index < -0.39 is 0 Å². The van der Waals surface area contributed by atoms with E-state index >= 15 is 0 Å². The molecule has 4 rings (SSSR count). The molecule has 25 heavy (non-hydrogen) atoms. The summed E-state index contributed by atoms with van der Waals surface area (Å²) in [5.74, 6) is 0. The van der Waals surface area contributed by atoms with Crippen LogP contribution in [0.15, 0.2) is 71.4 Å². The molecule has 0 spiro atoms. The van der Waals surface area contributed by atoms with Crippen molar-refractivity contribution >= 4 is 11.0 Å². The van der Waals surface area contributed by atoms with Gasteiger partial charge in [0.2, 0.25) is 0 Å². The number of aromatic nitrogens is 2. The molecular formula is C21H19N3O. The van der Waals surface area contributed by atoms with E-state index in [1.54, 1.807) is 0 Å². The van der Waals surface area contributed by atoms with Gasteiger partial charge in [-0.05, 0) is 36.2 Å². The van der Waals surface area contributed by atoms with Crippen molar-refractivity contribution in [3.8, 4) is 11.3 Å². The number of pyridine rings is 1. The lowest BCUT2D eigenvalue weighted by Gasteiger charge is -2.15. The third-order valence-electron chi connectivity index (χ3n) is 4.39. The van der Waals surface area contributed by atoms with Crippen LogP contribution in [0.2, 0.25) is 0 Å². The molecule has 4 heteroatoms. The summed E-state index contributed by atoms with van der Waals surface area (Å²) in [6.07, 6.45) is 2.55. The molecule has 1 atom stereocenters. The zero-order valence-electron chi connectivity index (χ0n) is 14.0. The molecule has 0 saturated carbocycles. The van der Waals surface area contributed by atoms with Crippen LogP contribution in [0.25, 0.3) is 22.2 Å². The standard InChI is InChI=1S/C21H19N3O/c1-14-10-11-15(23-13-14)12-19(22)16-6-2-3-7-17(16)21-18-8-4-5-9-20(18)25-24-21/h2-11,13,19H,12,22H2,1H3/t19-/m0/s1. The largest absolute Gasteiger partial charge is 0.356 e. The summed E-state index contributed by atoms with van der Waals surface area (Å²) in [5.41, 5.74) is 12.3. The van der Waals surface area contributed by atoms with Crippen molar-refractivity contribution in [3.05, 3.63) is 83.7 Å². The van der Waals surface area contributed by atoms with Crippen LogP contribution in [0.5, 0.6) is 0 Å². The van der Waals surface area contributed by atoms with Crippen molar-refractivity contribution in [1.29, 1.82) is 0 Å². The van der Waals surface area contributed by atoms with Gasteiger partial charge in [0.25, 0.3) is 0 Å². The summed E-state index contributed by atoms with van der Waals surface area (Å²) in [4.78, 5) is 4.47. The number of nitrogens with zero attached hydrogens (tertiary/aromatic N) is 2. The van der Waals surface area contributed by atoms with Gasteiger partial charge in [0.1, 0.15) is 5.69 Å². The molecule has 2 N–H and O–H groups in total. The second kappa shape index (κ2) is 6.49. The highest BCUT2D eigenvalue weighted by atomic mass is 16.5. The molecule has 4 aromatic rings. The lowest BCUT2D eigenvalue weighted by Crippen LogP contribution is -2.15. The lowest BCUT2D eigenvalue weighted by molar-refractivity contribution is 0.459. The molecule has 0 amide bonds. The van der Waals surface area contributed by atoms with E-state index in [0.29, 0.717) is 6.42 Å².